The van der Waals surface area contributed by atoms with E-state index in [9.17, 15) is 14.7 Å². The number of nitrogens with one attached hydrogen (secondary N) is 1. The van der Waals surface area contributed by atoms with Crippen LogP contribution in [0.15, 0.2) is 54.1 Å². The van der Waals surface area contributed by atoms with Crippen LogP contribution in [0.2, 0.25) is 10.0 Å². The van der Waals surface area contributed by atoms with Gasteiger partial charge in [-0.05, 0) is 64.4 Å². The average Bonchev–Trinajstić information content (AvgIpc) is 2.84. The quantitative estimate of drug-likeness (QED) is 0.324. The van der Waals surface area contributed by atoms with Gasteiger partial charge in [-0.2, -0.15) is 0 Å². The maximum Gasteiger partial charge on any atom is 0.247 e. The Bertz CT molecular complexity index is 1140. The first-order valence-electron chi connectivity index (χ1n) is 12.0. The van der Waals surface area contributed by atoms with E-state index in [1.54, 1.807) is 35.2 Å². The Labute approximate surface area is 240 Å². The molecule has 3 atom stereocenters. The second-order valence-electron chi connectivity index (χ2n) is 9.30. The van der Waals surface area contributed by atoms with Crippen molar-refractivity contribution in [2.75, 3.05) is 13.2 Å². The summed E-state index contributed by atoms with van der Waals surface area (Å²) in [5.74, 6) is 0.0791. The first-order chi connectivity index (χ1) is 17.6. The molecule has 0 radical (unpaired) electrons. The van der Waals surface area contributed by atoms with Gasteiger partial charge in [0.25, 0.3) is 0 Å². The summed E-state index contributed by atoms with van der Waals surface area (Å²) in [4.78, 5) is 28.0. The molecule has 1 aliphatic carbocycles. The van der Waals surface area contributed by atoms with Gasteiger partial charge in [-0.15, -0.1) is 0 Å². The first kappa shape index (κ1) is 29.7. The lowest BCUT2D eigenvalue weighted by molar-refractivity contribution is -0.140. The number of para-hydroxylation sites is 1. The number of halogens is 3. The number of hydrogen-bond donors (Lipinski definition) is 3. The molecular weight excluding hydrogens is 630 g/mol. The third-order valence-corrected chi connectivity index (χ3v) is 7.45. The van der Waals surface area contributed by atoms with Crippen molar-refractivity contribution in [3.63, 3.8) is 0 Å². The molecule has 2 aromatic carbocycles. The number of hydrogen-bond acceptors (Lipinski definition) is 5. The van der Waals surface area contributed by atoms with Gasteiger partial charge in [0.2, 0.25) is 11.8 Å². The van der Waals surface area contributed by atoms with E-state index in [1.165, 1.54) is 0 Å². The van der Waals surface area contributed by atoms with Gasteiger partial charge in [-0.3, -0.25) is 9.59 Å². The van der Waals surface area contributed by atoms with Crippen LogP contribution in [-0.2, 0) is 16.1 Å². The standard InChI is InChI=1S/C27H31Cl2IN2O5/c1-16(2)11-25(34)32(15-17-7-8-19(28)14-20(17)29)22-12-18(27(36)31-9-10-33)13-24(26(22)35)37-23-6-4-3-5-21(23)30/h3-8,13-14,16,22,24,26,33,35H,9-12,15H2,1-2H3,(H,31,36)/t22-,24+,26+/m1/s1. The lowest BCUT2D eigenvalue weighted by atomic mass is 9.87. The number of rotatable bonds is 10. The molecule has 7 nitrogen and oxygen atoms in total. The van der Waals surface area contributed by atoms with Gasteiger partial charge in [-0.1, -0.05) is 55.2 Å². The van der Waals surface area contributed by atoms with E-state index in [2.05, 4.69) is 27.9 Å². The van der Waals surface area contributed by atoms with Crippen LogP contribution in [0, 0.1) is 9.49 Å². The zero-order valence-electron chi connectivity index (χ0n) is 20.7. The summed E-state index contributed by atoms with van der Waals surface area (Å²) in [6.45, 7) is 3.90. The number of nitrogens with zero attached hydrogens (tertiary/aromatic N) is 1. The third-order valence-electron chi connectivity index (χ3n) is 5.97. The Balaban J connectivity index is 2.00. The summed E-state index contributed by atoms with van der Waals surface area (Å²) in [5, 5.41) is 24.2. The molecule has 0 bridgehead atoms. The van der Waals surface area contributed by atoms with E-state index in [1.807, 2.05) is 32.0 Å². The SMILES string of the molecule is CC(C)CC(=O)N(Cc1ccc(Cl)cc1Cl)[C@@H]1CC(C(=O)NCCO)=C[C@H](Oc2ccccc2I)[C@H]1O. The molecule has 3 N–H and O–H groups in total. The lowest BCUT2D eigenvalue weighted by Gasteiger charge is -2.41. The number of amides is 2. The highest BCUT2D eigenvalue weighted by Gasteiger charge is 2.40. The van der Waals surface area contributed by atoms with Crippen LogP contribution in [0.3, 0.4) is 0 Å². The Morgan fingerprint density at radius 1 is 1.22 bits per heavy atom. The number of aliphatic hydroxyl groups excluding tert-OH is 2. The normalized spacial score (nSPS) is 19.4. The molecule has 0 aromatic heterocycles. The van der Waals surface area contributed by atoms with Crippen LogP contribution in [-0.4, -0.2) is 58.3 Å². The van der Waals surface area contributed by atoms with Gasteiger partial charge in [0.15, 0.2) is 0 Å². The minimum Gasteiger partial charge on any atom is -0.482 e. The minimum atomic E-state index is -1.12. The molecule has 3 rings (SSSR count). The molecule has 200 valence electrons. The Kier molecular flexibility index (Phi) is 11.1. The molecule has 1 aliphatic rings. The summed E-state index contributed by atoms with van der Waals surface area (Å²) >= 11 is 14.6. The van der Waals surface area contributed by atoms with Gasteiger partial charge in [0, 0.05) is 41.5 Å². The molecule has 0 saturated carbocycles. The van der Waals surface area contributed by atoms with Gasteiger partial charge in [0.05, 0.1) is 16.2 Å². The van der Waals surface area contributed by atoms with Crippen molar-refractivity contribution in [1.82, 2.24) is 10.2 Å². The molecule has 0 unspecified atom stereocenters. The number of carbonyl (C=O) groups is 2. The summed E-state index contributed by atoms with van der Waals surface area (Å²) in [5.41, 5.74) is 1.04. The van der Waals surface area contributed by atoms with Crippen molar-refractivity contribution in [3.05, 3.63) is 73.3 Å². The lowest BCUT2D eigenvalue weighted by Crippen LogP contribution is -2.55. The molecular formula is C27H31Cl2IN2O5. The fourth-order valence-corrected chi connectivity index (χ4v) is 5.14. The highest BCUT2D eigenvalue weighted by molar-refractivity contribution is 14.1. The summed E-state index contributed by atoms with van der Waals surface area (Å²) in [6.07, 6.45) is -0.0461. The predicted molar refractivity (Wildman–Crippen MR) is 153 cm³/mol. The summed E-state index contributed by atoms with van der Waals surface area (Å²) in [7, 11) is 0. The predicted octanol–water partition coefficient (Wildman–Crippen LogP) is 4.59. The van der Waals surface area contributed by atoms with E-state index in [4.69, 9.17) is 33.0 Å². The zero-order chi connectivity index (χ0) is 27.1. The van der Waals surface area contributed by atoms with Crippen molar-refractivity contribution in [2.45, 2.75) is 51.5 Å². The Morgan fingerprint density at radius 2 is 1.95 bits per heavy atom. The number of aliphatic hydroxyl groups is 2. The molecule has 0 heterocycles. The van der Waals surface area contributed by atoms with Gasteiger partial charge in [0.1, 0.15) is 18.0 Å². The molecule has 2 amide bonds. The summed E-state index contributed by atoms with van der Waals surface area (Å²) < 4.78 is 7.01. The van der Waals surface area contributed by atoms with Crippen LogP contribution in [0.4, 0.5) is 0 Å². The van der Waals surface area contributed by atoms with Crippen molar-refractivity contribution < 1.29 is 24.5 Å². The van der Waals surface area contributed by atoms with Crippen LogP contribution < -0.4 is 10.1 Å². The van der Waals surface area contributed by atoms with Crippen LogP contribution in [0.1, 0.15) is 32.3 Å². The van der Waals surface area contributed by atoms with Crippen molar-refractivity contribution in [2.24, 2.45) is 5.92 Å². The second-order valence-corrected chi connectivity index (χ2v) is 11.3. The highest BCUT2D eigenvalue weighted by atomic mass is 127. The van der Waals surface area contributed by atoms with Gasteiger partial charge in [-0.25, -0.2) is 0 Å². The maximum atomic E-state index is 13.5. The second kappa shape index (κ2) is 13.8. The molecule has 0 saturated heterocycles. The highest BCUT2D eigenvalue weighted by Crippen LogP contribution is 2.32. The largest absolute Gasteiger partial charge is 0.482 e. The van der Waals surface area contributed by atoms with Crippen molar-refractivity contribution >= 4 is 57.6 Å². The number of benzene rings is 2. The van der Waals surface area contributed by atoms with Crippen molar-refractivity contribution in [3.8, 4) is 5.75 Å². The molecule has 2 aromatic rings. The molecule has 37 heavy (non-hydrogen) atoms. The number of carbonyl (C=O) groups excluding carboxylic acids is 2. The molecule has 10 heteroatoms. The Morgan fingerprint density at radius 3 is 2.59 bits per heavy atom. The molecule has 0 spiro atoms. The average molecular weight is 661 g/mol. The smallest absolute Gasteiger partial charge is 0.247 e. The fraction of sp³-hybridized carbons (Fsp3) is 0.407. The monoisotopic (exact) mass is 660 g/mol. The van der Waals surface area contributed by atoms with Gasteiger partial charge < -0.3 is 25.2 Å². The Hall–Kier alpha value is -1.85. The van der Waals surface area contributed by atoms with Crippen molar-refractivity contribution in [1.29, 1.82) is 0 Å². The van der Waals surface area contributed by atoms with E-state index >= 15 is 0 Å². The van der Waals surface area contributed by atoms with E-state index in [-0.39, 0.29) is 50.3 Å². The zero-order valence-corrected chi connectivity index (χ0v) is 24.3. The minimum absolute atomic E-state index is 0.0808. The fourth-order valence-electron chi connectivity index (χ4n) is 4.16. The van der Waals surface area contributed by atoms with Crippen LogP contribution >= 0.6 is 45.8 Å². The first-order valence-corrected chi connectivity index (χ1v) is 13.9. The topological polar surface area (TPSA) is 99.1 Å². The molecule has 0 aliphatic heterocycles. The van der Waals surface area contributed by atoms with Crippen LogP contribution in [0.25, 0.3) is 0 Å². The van der Waals surface area contributed by atoms with Crippen LogP contribution in [0.5, 0.6) is 5.75 Å². The van der Waals surface area contributed by atoms with E-state index in [0.717, 1.165) is 3.57 Å². The third kappa shape index (κ3) is 8.07. The van der Waals surface area contributed by atoms with E-state index in [0.29, 0.717) is 26.9 Å². The number of ether oxygens (including phenoxy) is 1. The van der Waals surface area contributed by atoms with E-state index < -0.39 is 18.2 Å². The maximum absolute atomic E-state index is 13.5. The summed E-state index contributed by atoms with van der Waals surface area (Å²) in [6, 6.07) is 11.7. The molecule has 0 fully saturated rings. The van der Waals surface area contributed by atoms with Gasteiger partial charge >= 0.3 is 0 Å².